The van der Waals surface area contributed by atoms with Gasteiger partial charge in [-0.15, -0.1) is 0 Å². The van der Waals surface area contributed by atoms with Crippen LogP contribution in [-0.4, -0.2) is 49.3 Å². The van der Waals surface area contributed by atoms with Crippen molar-refractivity contribution in [2.45, 2.75) is 12.2 Å². The van der Waals surface area contributed by atoms with Crippen molar-refractivity contribution in [3.63, 3.8) is 0 Å². The molecule has 0 radical (unpaired) electrons. The van der Waals surface area contributed by atoms with Gasteiger partial charge in [-0.05, 0) is 0 Å². The van der Waals surface area contributed by atoms with Crippen molar-refractivity contribution in [3.8, 4) is 0 Å². The van der Waals surface area contributed by atoms with Gasteiger partial charge in [0.25, 0.3) is 0 Å². The van der Waals surface area contributed by atoms with Gasteiger partial charge in [0, 0.05) is 0 Å². The Labute approximate surface area is 82.9 Å². The van der Waals surface area contributed by atoms with Crippen LogP contribution in [0.2, 0.25) is 0 Å². The number of carboxylic acid groups (broad SMARTS) is 2. The summed E-state index contributed by atoms with van der Waals surface area (Å²) in [7, 11) is -5.17. The van der Waals surface area contributed by atoms with E-state index in [2.05, 4.69) is 4.52 Å². The summed E-state index contributed by atoms with van der Waals surface area (Å²) < 4.78 is 13.7. The van der Waals surface area contributed by atoms with Gasteiger partial charge >= 0.3 is 19.8 Å². The number of phosphoric acid groups is 1. The molecule has 8 N–H and O–H groups in total. The Kier molecular flexibility index (Phi) is 6.29. The zero-order valence-electron chi connectivity index (χ0n) is 7.18. The van der Waals surface area contributed by atoms with Gasteiger partial charge in [-0.1, -0.05) is 0 Å². The lowest BCUT2D eigenvalue weighted by Gasteiger charge is -2.16. The number of aliphatic hydroxyl groups excluding tert-OH is 1. The molecule has 0 aliphatic rings. The van der Waals surface area contributed by atoms with Gasteiger partial charge in [-0.3, -0.25) is 4.52 Å². The van der Waals surface area contributed by atoms with E-state index in [1.807, 2.05) is 0 Å². The van der Waals surface area contributed by atoms with E-state index in [0.29, 0.717) is 0 Å². The summed E-state index contributed by atoms with van der Waals surface area (Å²) in [6, 6.07) is 0. The Morgan fingerprint density at radius 1 is 1.13 bits per heavy atom. The lowest BCUT2D eigenvalue weighted by atomic mass is 10.2. The Morgan fingerprint density at radius 3 is 1.73 bits per heavy atom. The molecule has 0 rings (SSSR count). The molecular formula is C4H10NO9P. The summed E-state index contributed by atoms with van der Waals surface area (Å²) in [6.45, 7) is 0. The summed E-state index contributed by atoms with van der Waals surface area (Å²) in [5.41, 5.74) is 0. The molecule has 2 unspecified atom stereocenters. The third-order valence-electron chi connectivity index (χ3n) is 1.03. The molecule has 0 heterocycles. The lowest BCUT2D eigenvalue weighted by molar-refractivity contribution is -0.164. The Balaban J connectivity index is 0. The maximum atomic E-state index is 10.2. The number of hydrogen-bond donors (Lipinski definition) is 6. The minimum Gasteiger partial charge on any atom is -0.479 e. The first-order valence-corrected chi connectivity index (χ1v) is 4.56. The molecule has 10 nitrogen and oxygen atoms in total. The highest BCUT2D eigenvalue weighted by Gasteiger charge is 2.38. The first-order valence-electron chi connectivity index (χ1n) is 3.03. The highest BCUT2D eigenvalue weighted by atomic mass is 31.2. The second kappa shape index (κ2) is 5.75. The topological polar surface area (TPSA) is 197 Å². The third kappa shape index (κ3) is 6.12. The van der Waals surface area contributed by atoms with Gasteiger partial charge in [0.15, 0.2) is 6.10 Å². The zero-order valence-corrected chi connectivity index (χ0v) is 8.07. The van der Waals surface area contributed by atoms with Crippen molar-refractivity contribution in [2.75, 3.05) is 0 Å². The van der Waals surface area contributed by atoms with Crippen LogP contribution in [0.5, 0.6) is 0 Å². The van der Waals surface area contributed by atoms with E-state index >= 15 is 0 Å². The van der Waals surface area contributed by atoms with E-state index in [9.17, 15) is 14.2 Å². The minimum absolute atomic E-state index is 0. The molecule has 0 aliphatic heterocycles. The van der Waals surface area contributed by atoms with Crippen molar-refractivity contribution in [2.24, 2.45) is 0 Å². The molecule has 0 spiro atoms. The molecular weight excluding hydrogens is 237 g/mol. The highest BCUT2D eigenvalue weighted by Crippen LogP contribution is 2.38. The molecule has 0 saturated carbocycles. The number of hydrogen-bond acceptors (Lipinski definition) is 6. The average molecular weight is 247 g/mol. The van der Waals surface area contributed by atoms with Crippen LogP contribution in [0.25, 0.3) is 0 Å². The van der Waals surface area contributed by atoms with E-state index in [0.717, 1.165) is 0 Å². The number of phosphoric ester groups is 1. The van der Waals surface area contributed by atoms with Gasteiger partial charge < -0.3 is 31.3 Å². The fourth-order valence-corrected chi connectivity index (χ4v) is 1.02. The normalized spacial score (nSPS) is 14.9. The van der Waals surface area contributed by atoms with Gasteiger partial charge in [-0.25, -0.2) is 14.2 Å². The van der Waals surface area contributed by atoms with Crippen LogP contribution in [0.4, 0.5) is 0 Å². The predicted molar refractivity (Wildman–Crippen MR) is 43.2 cm³/mol. The second-order valence-electron chi connectivity index (χ2n) is 2.14. The molecule has 90 valence electrons. The fourth-order valence-electron chi connectivity index (χ4n) is 0.515. The maximum Gasteiger partial charge on any atom is 0.470 e. The molecule has 15 heavy (non-hydrogen) atoms. The van der Waals surface area contributed by atoms with Crippen LogP contribution in [0.1, 0.15) is 0 Å². The van der Waals surface area contributed by atoms with Crippen LogP contribution in [0, 0.1) is 0 Å². The third-order valence-corrected chi connectivity index (χ3v) is 1.54. The van der Waals surface area contributed by atoms with Crippen LogP contribution in [-0.2, 0) is 18.7 Å². The second-order valence-corrected chi connectivity index (χ2v) is 3.33. The largest absolute Gasteiger partial charge is 0.479 e. The fraction of sp³-hybridized carbons (Fsp3) is 0.500. The lowest BCUT2D eigenvalue weighted by Crippen LogP contribution is -2.41. The summed E-state index contributed by atoms with van der Waals surface area (Å²) in [5.74, 6) is -3.96. The van der Waals surface area contributed by atoms with E-state index < -0.39 is 32.0 Å². The van der Waals surface area contributed by atoms with Crippen molar-refractivity contribution < 1.29 is 43.8 Å². The van der Waals surface area contributed by atoms with Crippen molar-refractivity contribution >= 4 is 19.8 Å². The van der Waals surface area contributed by atoms with Crippen LogP contribution in [0.15, 0.2) is 0 Å². The SMILES string of the molecule is N.O=C(O)C(O)C(OP(=O)(O)O)C(=O)O. The number of carbonyl (C=O) groups is 2. The summed E-state index contributed by atoms with van der Waals surface area (Å²) >= 11 is 0. The Bertz CT molecular complexity index is 284. The molecule has 11 heteroatoms. The molecule has 0 aromatic heterocycles. The standard InChI is InChI=1S/C4H7O9P.H3N/c5-1(3(6)7)2(4(8)9)13-14(10,11)12;/h1-2,5H,(H,6,7)(H,8,9)(H2,10,11,12);1H3. The summed E-state index contributed by atoms with van der Waals surface area (Å²) in [6.07, 6.45) is -5.08. The van der Waals surface area contributed by atoms with Gasteiger partial charge in [0.2, 0.25) is 6.10 Å². The first kappa shape index (κ1) is 16.4. The smallest absolute Gasteiger partial charge is 0.470 e. The number of aliphatic hydroxyl groups is 1. The average Bonchev–Trinajstić information content (AvgIpc) is 1.96. The monoisotopic (exact) mass is 247 g/mol. The van der Waals surface area contributed by atoms with Crippen molar-refractivity contribution in [3.05, 3.63) is 0 Å². The number of carboxylic acids is 2. The van der Waals surface area contributed by atoms with Gasteiger partial charge in [0.1, 0.15) is 0 Å². The Morgan fingerprint density at radius 2 is 1.53 bits per heavy atom. The van der Waals surface area contributed by atoms with E-state index in [-0.39, 0.29) is 6.15 Å². The number of rotatable bonds is 5. The molecule has 0 aliphatic carbocycles. The molecule has 0 bridgehead atoms. The Hall–Kier alpha value is -1.03. The first-order chi connectivity index (χ1) is 6.15. The molecule has 0 fully saturated rings. The van der Waals surface area contributed by atoms with Crippen molar-refractivity contribution in [1.82, 2.24) is 6.15 Å². The van der Waals surface area contributed by atoms with Crippen molar-refractivity contribution in [1.29, 1.82) is 0 Å². The summed E-state index contributed by atoms with van der Waals surface area (Å²) in [5, 5.41) is 25.1. The minimum atomic E-state index is -5.17. The quantitative estimate of drug-likeness (QED) is 0.300. The van der Waals surface area contributed by atoms with Gasteiger partial charge in [0.05, 0.1) is 0 Å². The zero-order chi connectivity index (χ0) is 11.5. The molecule has 0 aromatic rings. The van der Waals surface area contributed by atoms with E-state index in [1.54, 1.807) is 0 Å². The van der Waals surface area contributed by atoms with Gasteiger partial charge in [-0.2, -0.15) is 0 Å². The molecule has 0 amide bonds. The van der Waals surface area contributed by atoms with Crippen LogP contribution in [0.3, 0.4) is 0 Å². The number of aliphatic carboxylic acids is 2. The summed E-state index contributed by atoms with van der Waals surface area (Å²) in [4.78, 5) is 36.7. The van der Waals surface area contributed by atoms with Crippen LogP contribution < -0.4 is 6.15 Å². The highest BCUT2D eigenvalue weighted by molar-refractivity contribution is 7.46. The maximum absolute atomic E-state index is 10.2. The van der Waals surface area contributed by atoms with Crippen LogP contribution >= 0.6 is 7.82 Å². The molecule has 0 saturated heterocycles. The molecule has 0 aromatic carbocycles. The van der Waals surface area contributed by atoms with E-state index in [4.69, 9.17) is 25.1 Å². The molecule has 2 atom stereocenters. The predicted octanol–water partition coefficient (Wildman–Crippen LogP) is -1.84. The van der Waals surface area contributed by atoms with E-state index in [1.165, 1.54) is 0 Å².